The monoisotopic (exact) mass is 258 g/mol. The molecule has 0 spiro atoms. The van der Waals surface area contributed by atoms with Gasteiger partial charge in [0.1, 0.15) is 0 Å². The Morgan fingerprint density at radius 2 is 2.05 bits per heavy atom. The van der Waals surface area contributed by atoms with E-state index in [1.807, 2.05) is 30.3 Å². The van der Waals surface area contributed by atoms with Crippen molar-refractivity contribution < 1.29 is 9.21 Å². The van der Waals surface area contributed by atoms with Crippen molar-refractivity contribution in [2.24, 2.45) is 0 Å². The minimum absolute atomic E-state index is 0.177. The lowest BCUT2D eigenvalue weighted by Gasteiger charge is -2.04. The van der Waals surface area contributed by atoms with Gasteiger partial charge in [-0.3, -0.25) is 4.79 Å². The summed E-state index contributed by atoms with van der Waals surface area (Å²) in [6.45, 7) is 2.81. The van der Waals surface area contributed by atoms with E-state index < -0.39 is 0 Å². The lowest BCUT2D eigenvalue weighted by Crippen LogP contribution is -2.25. The first-order valence-corrected chi connectivity index (χ1v) is 6.60. The smallest absolute Gasteiger partial charge is 0.273 e. The number of hydrogen-bond acceptors (Lipinski definition) is 3. The van der Waals surface area contributed by atoms with E-state index in [4.69, 9.17) is 4.42 Å². The van der Waals surface area contributed by atoms with E-state index in [1.54, 1.807) is 0 Å². The third-order valence-corrected chi connectivity index (χ3v) is 2.88. The number of oxazole rings is 1. The summed E-state index contributed by atoms with van der Waals surface area (Å²) in [5.74, 6) is 0.345. The standard InChI is InChI=1S/C15H18N2O2/c1-2-3-7-10-16-15(18)13-14(19-11-17-13)12-8-5-4-6-9-12/h4-6,8-9,11H,2-3,7,10H2,1H3,(H,16,18). The van der Waals surface area contributed by atoms with E-state index in [9.17, 15) is 4.79 Å². The van der Waals surface area contributed by atoms with Crippen molar-refractivity contribution in [2.45, 2.75) is 26.2 Å². The lowest BCUT2D eigenvalue weighted by molar-refractivity contribution is 0.0949. The van der Waals surface area contributed by atoms with Crippen LogP contribution in [0.3, 0.4) is 0 Å². The highest BCUT2D eigenvalue weighted by Gasteiger charge is 2.17. The van der Waals surface area contributed by atoms with Crippen LogP contribution in [0.4, 0.5) is 0 Å². The second-order valence-corrected chi connectivity index (χ2v) is 4.36. The Kier molecular flexibility index (Phi) is 4.72. The van der Waals surface area contributed by atoms with E-state index >= 15 is 0 Å². The van der Waals surface area contributed by atoms with Crippen molar-refractivity contribution >= 4 is 5.91 Å². The Labute approximate surface area is 112 Å². The summed E-state index contributed by atoms with van der Waals surface area (Å²) in [6.07, 6.45) is 4.55. The molecule has 0 unspecified atom stereocenters. The van der Waals surface area contributed by atoms with Gasteiger partial charge in [0.2, 0.25) is 0 Å². The Bertz CT molecular complexity index is 520. The maximum Gasteiger partial charge on any atom is 0.273 e. The molecule has 0 atom stereocenters. The maximum absolute atomic E-state index is 12.0. The van der Waals surface area contributed by atoms with Crippen LogP contribution in [0.25, 0.3) is 11.3 Å². The topological polar surface area (TPSA) is 55.1 Å². The molecule has 0 bridgehead atoms. The molecule has 1 N–H and O–H groups in total. The number of aromatic nitrogens is 1. The SMILES string of the molecule is CCCCCNC(=O)c1ncoc1-c1ccccc1. The van der Waals surface area contributed by atoms with Gasteiger partial charge in [0.25, 0.3) is 5.91 Å². The summed E-state index contributed by atoms with van der Waals surface area (Å²) in [7, 11) is 0. The Morgan fingerprint density at radius 1 is 1.26 bits per heavy atom. The molecule has 1 heterocycles. The molecule has 0 saturated carbocycles. The molecule has 0 radical (unpaired) electrons. The Hall–Kier alpha value is -2.10. The fourth-order valence-electron chi connectivity index (χ4n) is 1.86. The van der Waals surface area contributed by atoms with E-state index in [0.29, 0.717) is 18.0 Å². The highest BCUT2D eigenvalue weighted by Crippen LogP contribution is 2.22. The number of rotatable bonds is 6. The van der Waals surface area contributed by atoms with Crippen LogP contribution in [-0.2, 0) is 0 Å². The van der Waals surface area contributed by atoms with Crippen LogP contribution in [0.5, 0.6) is 0 Å². The van der Waals surface area contributed by atoms with Crippen LogP contribution in [0.15, 0.2) is 41.1 Å². The molecule has 1 aromatic carbocycles. The third-order valence-electron chi connectivity index (χ3n) is 2.88. The number of amides is 1. The summed E-state index contributed by atoms with van der Waals surface area (Å²) >= 11 is 0. The Balaban J connectivity index is 2.05. The second-order valence-electron chi connectivity index (χ2n) is 4.36. The number of nitrogens with zero attached hydrogens (tertiary/aromatic N) is 1. The van der Waals surface area contributed by atoms with Crippen LogP contribution in [-0.4, -0.2) is 17.4 Å². The first kappa shape index (κ1) is 13.3. The maximum atomic E-state index is 12.0. The molecule has 0 fully saturated rings. The first-order valence-electron chi connectivity index (χ1n) is 6.60. The zero-order valence-corrected chi connectivity index (χ0v) is 11.1. The van der Waals surface area contributed by atoms with Gasteiger partial charge in [-0.15, -0.1) is 0 Å². The van der Waals surface area contributed by atoms with Gasteiger partial charge in [-0.25, -0.2) is 4.98 Å². The molecule has 1 amide bonds. The van der Waals surface area contributed by atoms with E-state index in [-0.39, 0.29) is 5.91 Å². The number of hydrogen-bond donors (Lipinski definition) is 1. The van der Waals surface area contributed by atoms with Gasteiger partial charge in [-0.2, -0.15) is 0 Å². The summed E-state index contributed by atoms with van der Waals surface area (Å²) in [5.41, 5.74) is 1.21. The van der Waals surface area contributed by atoms with Gasteiger partial charge < -0.3 is 9.73 Å². The summed E-state index contributed by atoms with van der Waals surface area (Å²) in [4.78, 5) is 16.0. The molecule has 19 heavy (non-hydrogen) atoms. The number of nitrogens with one attached hydrogen (secondary N) is 1. The molecule has 100 valence electrons. The van der Waals surface area contributed by atoms with Crippen LogP contribution in [0, 0.1) is 0 Å². The Morgan fingerprint density at radius 3 is 2.79 bits per heavy atom. The van der Waals surface area contributed by atoms with Crippen LogP contribution >= 0.6 is 0 Å². The van der Waals surface area contributed by atoms with Crippen molar-refractivity contribution in [3.05, 3.63) is 42.4 Å². The number of benzene rings is 1. The van der Waals surface area contributed by atoms with E-state index in [1.165, 1.54) is 6.39 Å². The van der Waals surface area contributed by atoms with Gasteiger partial charge in [0.15, 0.2) is 17.8 Å². The highest BCUT2D eigenvalue weighted by atomic mass is 16.3. The zero-order valence-electron chi connectivity index (χ0n) is 11.1. The molecule has 0 aliphatic rings. The molecular weight excluding hydrogens is 240 g/mol. The minimum atomic E-state index is -0.177. The minimum Gasteiger partial charge on any atom is -0.443 e. The molecule has 2 rings (SSSR count). The van der Waals surface area contributed by atoms with E-state index in [0.717, 1.165) is 24.8 Å². The molecule has 0 aliphatic carbocycles. The molecule has 0 aliphatic heterocycles. The average Bonchev–Trinajstić information content (AvgIpc) is 2.94. The van der Waals surface area contributed by atoms with Crippen molar-refractivity contribution in [1.82, 2.24) is 10.3 Å². The summed E-state index contributed by atoms with van der Waals surface area (Å²) < 4.78 is 5.33. The predicted molar refractivity (Wildman–Crippen MR) is 73.8 cm³/mol. The lowest BCUT2D eigenvalue weighted by atomic mass is 10.1. The van der Waals surface area contributed by atoms with Gasteiger partial charge in [0, 0.05) is 12.1 Å². The number of carbonyl (C=O) groups excluding carboxylic acids is 1. The summed E-state index contributed by atoms with van der Waals surface area (Å²) in [5, 5.41) is 2.87. The number of carbonyl (C=O) groups is 1. The molecule has 4 heteroatoms. The predicted octanol–water partition coefficient (Wildman–Crippen LogP) is 3.26. The quantitative estimate of drug-likeness (QED) is 0.809. The van der Waals surface area contributed by atoms with Crippen LogP contribution in [0.1, 0.15) is 36.7 Å². The normalized spacial score (nSPS) is 10.4. The largest absolute Gasteiger partial charge is 0.443 e. The second kappa shape index (κ2) is 6.73. The van der Waals surface area contributed by atoms with Crippen LogP contribution < -0.4 is 5.32 Å². The van der Waals surface area contributed by atoms with Crippen LogP contribution in [0.2, 0.25) is 0 Å². The highest BCUT2D eigenvalue weighted by molar-refractivity contribution is 5.97. The first-order chi connectivity index (χ1) is 9.33. The number of unbranched alkanes of at least 4 members (excludes halogenated alkanes) is 2. The average molecular weight is 258 g/mol. The van der Waals surface area contributed by atoms with Crippen molar-refractivity contribution in [3.63, 3.8) is 0 Å². The zero-order chi connectivity index (χ0) is 13.5. The molecule has 2 aromatic rings. The van der Waals surface area contributed by atoms with Crippen molar-refractivity contribution in [2.75, 3.05) is 6.54 Å². The molecule has 4 nitrogen and oxygen atoms in total. The van der Waals surface area contributed by atoms with Gasteiger partial charge in [-0.1, -0.05) is 50.1 Å². The fraction of sp³-hybridized carbons (Fsp3) is 0.333. The van der Waals surface area contributed by atoms with E-state index in [2.05, 4.69) is 17.2 Å². The van der Waals surface area contributed by atoms with Gasteiger partial charge >= 0.3 is 0 Å². The molecule has 1 aromatic heterocycles. The van der Waals surface area contributed by atoms with Gasteiger partial charge in [0.05, 0.1) is 0 Å². The van der Waals surface area contributed by atoms with Crippen molar-refractivity contribution in [1.29, 1.82) is 0 Å². The van der Waals surface area contributed by atoms with Crippen molar-refractivity contribution in [3.8, 4) is 11.3 Å². The summed E-state index contributed by atoms with van der Waals surface area (Å²) in [6, 6.07) is 9.52. The third kappa shape index (κ3) is 3.44. The molecule has 0 saturated heterocycles. The fourth-order valence-corrected chi connectivity index (χ4v) is 1.86. The molecular formula is C15H18N2O2. The van der Waals surface area contributed by atoms with Gasteiger partial charge in [-0.05, 0) is 6.42 Å².